The minimum atomic E-state index is -3.74. The fourth-order valence-electron chi connectivity index (χ4n) is 1.74. The van der Waals surface area contributed by atoms with Gasteiger partial charge in [-0.05, 0) is 13.0 Å². The maximum Gasteiger partial charge on any atom is 0.252 e. The van der Waals surface area contributed by atoms with E-state index in [0.717, 1.165) is 17.0 Å². The van der Waals surface area contributed by atoms with Crippen molar-refractivity contribution in [2.75, 3.05) is 24.3 Å². The van der Waals surface area contributed by atoms with Crippen LogP contribution in [0.1, 0.15) is 18.3 Å². The summed E-state index contributed by atoms with van der Waals surface area (Å²) in [5, 5.41) is 2.68. The Hall–Kier alpha value is -2.11. The smallest absolute Gasteiger partial charge is 0.252 e. The van der Waals surface area contributed by atoms with Gasteiger partial charge in [-0.1, -0.05) is 11.3 Å². The average molecular weight is 370 g/mol. The van der Waals surface area contributed by atoms with E-state index >= 15 is 0 Å². The first-order valence-electron chi connectivity index (χ1n) is 6.92. The second-order valence-corrected chi connectivity index (χ2v) is 8.21. The third-order valence-electron chi connectivity index (χ3n) is 2.77. The maximum absolute atomic E-state index is 12.3. The predicted molar refractivity (Wildman–Crippen MR) is 91.5 cm³/mol. The lowest BCUT2D eigenvalue weighted by molar-refractivity contribution is -0.114. The van der Waals surface area contributed by atoms with Crippen LogP contribution in [0.15, 0.2) is 16.5 Å². The topological polar surface area (TPSA) is 117 Å². The van der Waals surface area contributed by atoms with Crippen LogP contribution in [0.4, 0.5) is 11.1 Å². The number of aromatic nitrogens is 3. The van der Waals surface area contributed by atoms with Crippen molar-refractivity contribution in [1.29, 1.82) is 0 Å². The van der Waals surface area contributed by atoms with Crippen LogP contribution >= 0.6 is 11.3 Å². The number of anilines is 2. The number of carbonyl (C=O) groups excluding carboxylic acids is 1. The van der Waals surface area contributed by atoms with E-state index in [-0.39, 0.29) is 21.8 Å². The van der Waals surface area contributed by atoms with Gasteiger partial charge in [-0.25, -0.2) is 28.1 Å². The molecule has 0 radical (unpaired) electrons. The summed E-state index contributed by atoms with van der Waals surface area (Å²) in [6, 6.07) is 1.71. The van der Waals surface area contributed by atoms with Gasteiger partial charge in [-0.3, -0.25) is 4.79 Å². The number of nitrogens with zero attached hydrogens (tertiary/aromatic N) is 4. The molecule has 0 aliphatic carbocycles. The Balaban J connectivity index is 2.13. The molecule has 0 saturated carbocycles. The third kappa shape index (κ3) is 4.69. The SMILES string of the molecule is CC(=O)Nc1ncc(S(=O)(=O)NCc2cc(C)nc(N(C)C)n2)s1. The van der Waals surface area contributed by atoms with E-state index in [2.05, 4.69) is 25.0 Å². The van der Waals surface area contributed by atoms with Crippen LogP contribution in [-0.2, 0) is 21.4 Å². The summed E-state index contributed by atoms with van der Waals surface area (Å²) >= 11 is 0.880. The molecule has 2 aromatic heterocycles. The fourth-order valence-corrected chi connectivity index (χ4v) is 3.86. The second-order valence-electron chi connectivity index (χ2n) is 5.19. The molecule has 2 heterocycles. The third-order valence-corrected chi connectivity index (χ3v) is 5.55. The number of carbonyl (C=O) groups is 1. The molecule has 130 valence electrons. The summed E-state index contributed by atoms with van der Waals surface area (Å²) in [5.74, 6) is 0.198. The standard InChI is InChI=1S/C13H18N6O3S2/c1-8-5-10(18-12(16-8)19(3)4)6-15-24(21,22)11-7-14-13(23-11)17-9(2)20/h5,7,15H,6H2,1-4H3,(H,14,17,20). The van der Waals surface area contributed by atoms with Crippen molar-refractivity contribution >= 4 is 38.3 Å². The first-order chi connectivity index (χ1) is 11.2. The molecule has 0 fully saturated rings. The predicted octanol–water partition coefficient (Wildman–Crippen LogP) is 0.744. The molecule has 0 aliphatic rings. The highest BCUT2D eigenvalue weighted by molar-refractivity contribution is 7.91. The minimum Gasteiger partial charge on any atom is -0.347 e. The molecule has 2 aromatic rings. The molecule has 2 N–H and O–H groups in total. The summed E-state index contributed by atoms with van der Waals surface area (Å²) in [6.07, 6.45) is 1.20. The minimum absolute atomic E-state index is 0.0184. The monoisotopic (exact) mass is 370 g/mol. The highest BCUT2D eigenvalue weighted by Crippen LogP contribution is 2.22. The van der Waals surface area contributed by atoms with Crippen LogP contribution in [0, 0.1) is 6.92 Å². The highest BCUT2D eigenvalue weighted by atomic mass is 32.2. The molecule has 0 bridgehead atoms. The molecule has 0 atom stereocenters. The number of amides is 1. The number of sulfonamides is 1. The Kier molecular flexibility index (Phi) is 5.47. The first kappa shape index (κ1) is 18.2. The highest BCUT2D eigenvalue weighted by Gasteiger charge is 2.18. The molecule has 9 nitrogen and oxygen atoms in total. The van der Waals surface area contributed by atoms with Crippen molar-refractivity contribution in [3.8, 4) is 0 Å². The molecule has 0 saturated heterocycles. The van der Waals surface area contributed by atoms with Gasteiger partial charge in [0.2, 0.25) is 11.9 Å². The van der Waals surface area contributed by atoms with Gasteiger partial charge in [-0.15, -0.1) is 0 Å². The molecule has 1 amide bonds. The van der Waals surface area contributed by atoms with Crippen molar-refractivity contribution in [3.63, 3.8) is 0 Å². The van der Waals surface area contributed by atoms with Gasteiger partial charge >= 0.3 is 0 Å². The number of aryl methyl sites for hydroxylation is 1. The van der Waals surface area contributed by atoms with Crippen molar-refractivity contribution in [3.05, 3.63) is 23.7 Å². The van der Waals surface area contributed by atoms with E-state index in [0.29, 0.717) is 11.6 Å². The van der Waals surface area contributed by atoms with Gasteiger partial charge in [0.25, 0.3) is 10.0 Å². The number of rotatable bonds is 6. The lowest BCUT2D eigenvalue weighted by atomic mass is 10.3. The van der Waals surface area contributed by atoms with E-state index in [4.69, 9.17) is 0 Å². The largest absolute Gasteiger partial charge is 0.347 e. The van der Waals surface area contributed by atoms with Gasteiger partial charge < -0.3 is 10.2 Å². The van der Waals surface area contributed by atoms with E-state index in [1.54, 1.807) is 11.0 Å². The Labute approximate surface area is 144 Å². The van der Waals surface area contributed by atoms with Gasteiger partial charge in [0.05, 0.1) is 18.4 Å². The van der Waals surface area contributed by atoms with Crippen molar-refractivity contribution < 1.29 is 13.2 Å². The molecule has 0 aromatic carbocycles. The molecule has 0 aliphatic heterocycles. The lowest BCUT2D eigenvalue weighted by Gasteiger charge is -2.12. The average Bonchev–Trinajstić information content (AvgIpc) is 2.93. The maximum atomic E-state index is 12.3. The van der Waals surface area contributed by atoms with Gasteiger partial charge in [0.15, 0.2) is 9.34 Å². The van der Waals surface area contributed by atoms with Crippen LogP contribution in [0.5, 0.6) is 0 Å². The summed E-state index contributed by atoms with van der Waals surface area (Å²) in [7, 11) is -0.120. The van der Waals surface area contributed by atoms with Gasteiger partial charge in [0.1, 0.15) is 0 Å². The summed E-state index contributed by atoms with van der Waals surface area (Å²) in [4.78, 5) is 25.1. The fraction of sp³-hybridized carbons (Fsp3) is 0.385. The van der Waals surface area contributed by atoms with Gasteiger partial charge in [-0.2, -0.15) is 0 Å². The lowest BCUT2D eigenvalue weighted by Crippen LogP contribution is -2.24. The van der Waals surface area contributed by atoms with Crippen LogP contribution in [0.25, 0.3) is 0 Å². The molecule has 2 rings (SSSR count). The van der Waals surface area contributed by atoms with E-state index in [9.17, 15) is 13.2 Å². The molecule has 11 heteroatoms. The second kappa shape index (κ2) is 7.20. The van der Waals surface area contributed by atoms with Crippen LogP contribution < -0.4 is 14.9 Å². The van der Waals surface area contributed by atoms with Crippen molar-refractivity contribution in [2.24, 2.45) is 0 Å². The van der Waals surface area contributed by atoms with E-state index < -0.39 is 10.0 Å². The molecular formula is C13H18N6O3S2. The zero-order valence-corrected chi connectivity index (χ0v) is 15.3. The summed E-state index contributed by atoms with van der Waals surface area (Å²) in [6.45, 7) is 3.17. The van der Waals surface area contributed by atoms with Crippen LogP contribution in [0.3, 0.4) is 0 Å². The van der Waals surface area contributed by atoms with E-state index in [1.165, 1.54) is 13.1 Å². The Morgan fingerprint density at radius 3 is 2.67 bits per heavy atom. The number of nitrogens with one attached hydrogen (secondary N) is 2. The van der Waals surface area contributed by atoms with E-state index in [1.807, 2.05) is 21.0 Å². The van der Waals surface area contributed by atoms with Crippen LogP contribution in [-0.4, -0.2) is 43.4 Å². The van der Waals surface area contributed by atoms with Gasteiger partial charge in [0, 0.05) is 26.7 Å². The zero-order valence-electron chi connectivity index (χ0n) is 13.7. The Morgan fingerprint density at radius 1 is 1.33 bits per heavy atom. The number of hydrogen-bond donors (Lipinski definition) is 2. The molecular weight excluding hydrogens is 352 g/mol. The molecule has 0 unspecified atom stereocenters. The Bertz CT molecular complexity index is 847. The number of hydrogen-bond acceptors (Lipinski definition) is 8. The zero-order chi connectivity index (χ0) is 17.9. The molecule has 24 heavy (non-hydrogen) atoms. The summed E-state index contributed by atoms with van der Waals surface area (Å²) in [5.41, 5.74) is 1.30. The van der Waals surface area contributed by atoms with Crippen molar-refractivity contribution in [1.82, 2.24) is 19.7 Å². The number of thiazole rings is 1. The Morgan fingerprint density at radius 2 is 2.04 bits per heavy atom. The normalized spacial score (nSPS) is 11.3. The molecule has 0 spiro atoms. The van der Waals surface area contributed by atoms with Crippen molar-refractivity contribution in [2.45, 2.75) is 24.6 Å². The summed E-state index contributed by atoms with van der Waals surface area (Å²) < 4.78 is 27.1. The quantitative estimate of drug-likeness (QED) is 0.770. The first-order valence-corrected chi connectivity index (χ1v) is 9.22. The van der Waals surface area contributed by atoms with Crippen LogP contribution in [0.2, 0.25) is 0 Å².